The van der Waals surface area contributed by atoms with Crippen LogP contribution in [0, 0.1) is 13.8 Å². The number of aromatic nitrogens is 4. The Morgan fingerprint density at radius 2 is 1.85 bits per heavy atom. The van der Waals surface area contributed by atoms with Crippen molar-refractivity contribution in [2.75, 3.05) is 5.75 Å². The smallest absolute Gasteiger partial charge is 0.323 e. The van der Waals surface area contributed by atoms with Crippen LogP contribution in [-0.2, 0) is 33.5 Å². The predicted molar refractivity (Wildman–Crippen MR) is 143 cm³/mol. The summed E-state index contributed by atoms with van der Waals surface area (Å²) in [6, 6.07) is 9.81. The van der Waals surface area contributed by atoms with Crippen molar-refractivity contribution in [2.45, 2.75) is 44.1 Å². The number of carbonyl (C=O) groups is 1. The molecule has 5 aromatic rings. The van der Waals surface area contributed by atoms with E-state index in [2.05, 4.69) is 21.0 Å². The van der Waals surface area contributed by atoms with E-state index in [1.165, 1.54) is 29.3 Å². The maximum atomic E-state index is 14.4. The van der Waals surface area contributed by atoms with Gasteiger partial charge in [0.1, 0.15) is 6.54 Å². The van der Waals surface area contributed by atoms with Gasteiger partial charge in [0.05, 0.1) is 16.2 Å². The van der Waals surface area contributed by atoms with Crippen LogP contribution < -0.4 is 0 Å². The average molecular weight is 553 g/mol. The number of hydrogen-bond acceptors (Lipinski definition) is 5. The van der Waals surface area contributed by atoms with Crippen molar-refractivity contribution in [3.63, 3.8) is 0 Å². The highest BCUT2D eigenvalue weighted by molar-refractivity contribution is 7.91. The van der Waals surface area contributed by atoms with Gasteiger partial charge in [0, 0.05) is 64.4 Å². The van der Waals surface area contributed by atoms with Gasteiger partial charge in [-0.25, -0.2) is 17.2 Å². The van der Waals surface area contributed by atoms with Gasteiger partial charge < -0.3 is 14.7 Å². The number of rotatable bonds is 4. The Balaban J connectivity index is 0.000000257. The van der Waals surface area contributed by atoms with Gasteiger partial charge >= 0.3 is 5.97 Å². The Labute approximate surface area is 223 Å². The number of aliphatic carboxylic acids is 1. The van der Waals surface area contributed by atoms with E-state index in [1.807, 2.05) is 19.2 Å². The Hall–Kier alpha value is -4.12. The summed E-state index contributed by atoms with van der Waals surface area (Å²) in [4.78, 5) is 22.3. The van der Waals surface area contributed by atoms with Gasteiger partial charge in [-0.1, -0.05) is 6.07 Å². The number of pyridine rings is 2. The number of fused-ring (bicyclic) bond motifs is 3. The maximum absolute atomic E-state index is 14.4. The van der Waals surface area contributed by atoms with Crippen molar-refractivity contribution in [2.24, 2.45) is 0 Å². The van der Waals surface area contributed by atoms with Gasteiger partial charge in [-0.2, -0.15) is 0 Å². The number of H-pyrrole nitrogens is 1. The molecule has 0 saturated heterocycles. The molecule has 0 radical (unpaired) electrons. The minimum Gasteiger partial charge on any atom is -0.480 e. The molecule has 0 bridgehead atoms. The highest BCUT2D eigenvalue weighted by Crippen LogP contribution is 2.42. The fourth-order valence-electron chi connectivity index (χ4n) is 5.03. The van der Waals surface area contributed by atoms with Crippen LogP contribution in [-0.4, -0.2) is 44.8 Å². The minimum absolute atomic E-state index is 0.229. The fourth-order valence-corrected chi connectivity index (χ4v) is 6.59. The number of carboxylic acid groups (broad SMARTS) is 1. The summed E-state index contributed by atoms with van der Waals surface area (Å²) in [7, 11) is -3.71. The molecule has 1 aliphatic heterocycles. The van der Waals surface area contributed by atoms with Gasteiger partial charge in [0.2, 0.25) is 0 Å². The van der Waals surface area contributed by atoms with E-state index >= 15 is 0 Å². The summed E-state index contributed by atoms with van der Waals surface area (Å²) in [5.74, 6) is -4.77. The molecule has 0 aliphatic carbocycles. The van der Waals surface area contributed by atoms with E-state index in [-0.39, 0.29) is 17.9 Å². The summed E-state index contributed by atoms with van der Waals surface area (Å²) < 4.78 is 54.8. The SMILES string of the molecule is Cc1c(Cc2ccc3c(c2)C(F)(F)CCS3(=O)=O)c2cnccc2n1CC(=O)O.Cc1cc2cnccc2[nH]1. The van der Waals surface area contributed by atoms with Gasteiger partial charge in [0.15, 0.2) is 9.84 Å². The van der Waals surface area contributed by atoms with Crippen LogP contribution in [0.5, 0.6) is 0 Å². The quantitative estimate of drug-likeness (QED) is 0.318. The van der Waals surface area contributed by atoms with Crippen molar-refractivity contribution in [3.8, 4) is 0 Å². The van der Waals surface area contributed by atoms with Crippen molar-refractivity contribution < 1.29 is 27.1 Å². The molecule has 2 N–H and O–H groups in total. The van der Waals surface area contributed by atoms with Crippen LogP contribution in [0.3, 0.4) is 0 Å². The van der Waals surface area contributed by atoms with Crippen molar-refractivity contribution in [3.05, 3.63) is 89.3 Å². The molecule has 0 unspecified atom stereocenters. The zero-order valence-electron chi connectivity index (χ0n) is 21.3. The van der Waals surface area contributed by atoms with E-state index in [1.54, 1.807) is 36.1 Å². The molecule has 11 heteroatoms. The van der Waals surface area contributed by atoms with Crippen LogP contribution in [0.1, 0.15) is 34.5 Å². The predicted octanol–water partition coefficient (Wildman–Crippen LogP) is 5.16. The van der Waals surface area contributed by atoms with Gasteiger partial charge in [-0.05, 0) is 61.7 Å². The molecule has 202 valence electrons. The van der Waals surface area contributed by atoms with Gasteiger partial charge in [-0.3, -0.25) is 14.8 Å². The van der Waals surface area contributed by atoms with Gasteiger partial charge in [0.25, 0.3) is 5.92 Å². The summed E-state index contributed by atoms with van der Waals surface area (Å²) in [5.41, 5.74) is 4.58. The lowest BCUT2D eigenvalue weighted by atomic mass is 9.97. The highest BCUT2D eigenvalue weighted by Gasteiger charge is 2.43. The zero-order valence-corrected chi connectivity index (χ0v) is 22.1. The van der Waals surface area contributed by atoms with Crippen molar-refractivity contribution in [1.29, 1.82) is 0 Å². The first kappa shape index (κ1) is 26.5. The lowest BCUT2D eigenvalue weighted by Crippen LogP contribution is -2.28. The number of nitrogens with one attached hydrogen (secondary N) is 1. The highest BCUT2D eigenvalue weighted by atomic mass is 32.2. The number of hydrogen-bond donors (Lipinski definition) is 2. The number of halogens is 2. The largest absolute Gasteiger partial charge is 0.480 e. The molecule has 1 aliphatic rings. The van der Waals surface area contributed by atoms with Crippen molar-refractivity contribution >= 4 is 37.6 Å². The normalized spacial score (nSPS) is 15.5. The molecule has 8 nitrogen and oxygen atoms in total. The molecule has 5 heterocycles. The number of aryl methyl sites for hydroxylation is 1. The topological polar surface area (TPSA) is 118 Å². The molecule has 0 spiro atoms. The van der Waals surface area contributed by atoms with Crippen LogP contribution in [0.25, 0.3) is 21.8 Å². The second-order valence-electron chi connectivity index (χ2n) is 9.63. The Morgan fingerprint density at radius 1 is 1.10 bits per heavy atom. The number of sulfone groups is 1. The van der Waals surface area contributed by atoms with E-state index in [0.717, 1.165) is 16.5 Å². The summed E-state index contributed by atoms with van der Waals surface area (Å²) in [6.45, 7) is 3.59. The Kier molecular flexibility index (Phi) is 6.71. The van der Waals surface area contributed by atoms with Crippen LogP contribution >= 0.6 is 0 Å². The number of carboxylic acids is 1. The molecule has 6 rings (SSSR count). The second-order valence-corrected chi connectivity index (χ2v) is 11.7. The van der Waals surface area contributed by atoms with Crippen LogP contribution in [0.15, 0.2) is 66.1 Å². The molecule has 39 heavy (non-hydrogen) atoms. The molecule has 1 aromatic carbocycles. The third-order valence-electron chi connectivity index (χ3n) is 6.94. The molecule has 4 aromatic heterocycles. The van der Waals surface area contributed by atoms with Gasteiger partial charge in [-0.15, -0.1) is 0 Å². The summed E-state index contributed by atoms with van der Waals surface area (Å²) in [5, 5.41) is 11.1. The lowest BCUT2D eigenvalue weighted by molar-refractivity contribution is -0.137. The summed E-state index contributed by atoms with van der Waals surface area (Å²) in [6.07, 6.45) is 6.36. The molecule has 0 atom stereocenters. The van der Waals surface area contributed by atoms with E-state index in [9.17, 15) is 27.1 Å². The van der Waals surface area contributed by atoms with E-state index in [4.69, 9.17) is 0 Å². The number of alkyl halides is 2. The standard InChI is InChI=1S/C20H18F2N2O4S.C8H8N2/c1-12-14(15-10-23-6-4-17(15)24(12)11-19(25)26)8-13-2-3-18-16(9-13)20(21,22)5-7-29(18,27)28;1-6-4-7-5-9-3-2-8(7)10-6/h2-4,6,9-10H,5,7-8,11H2,1H3,(H,25,26);2-5,10H,1H3. The summed E-state index contributed by atoms with van der Waals surface area (Å²) >= 11 is 0. The zero-order chi connectivity index (χ0) is 27.9. The first-order valence-corrected chi connectivity index (χ1v) is 13.9. The Morgan fingerprint density at radius 3 is 2.59 bits per heavy atom. The molecule has 0 saturated carbocycles. The van der Waals surface area contributed by atoms with Crippen LogP contribution in [0.4, 0.5) is 8.78 Å². The van der Waals surface area contributed by atoms with Crippen molar-refractivity contribution in [1.82, 2.24) is 19.5 Å². The average Bonchev–Trinajstić information content (AvgIpc) is 3.39. The first-order valence-electron chi connectivity index (χ1n) is 12.2. The molecule has 0 fully saturated rings. The number of benzene rings is 1. The third-order valence-corrected chi connectivity index (χ3v) is 8.71. The fraction of sp³-hybridized carbons (Fsp3) is 0.250. The Bertz CT molecular complexity index is 1790. The maximum Gasteiger partial charge on any atom is 0.323 e. The number of nitrogens with zero attached hydrogens (tertiary/aromatic N) is 3. The first-order chi connectivity index (χ1) is 18.5. The van der Waals surface area contributed by atoms with E-state index < -0.39 is 39.5 Å². The van der Waals surface area contributed by atoms with Crippen LogP contribution in [0.2, 0.25) is 0 Å². The number of aromatic amines is 1. The second kappa shape index (κ2) is 9.88. The minimum atomic E-state index is -3.71. The molecule has 0 amide bonds. The lowest BCUT2D eigenvalue weighted by Gasteiger charge is -2.25. The van der Waals surface area contributed by atoms with E-state index in [0.29, 0.717) is 16.8 Å². The molecular formula is C28H26F2N4O4S. The monoisotopic (exact) mass is 552 g/mol. The third kappa shape index (κ3) is 5.14. The molecular weight excluding hydrogens is 526 g/mol.